The number of esters is 1. The summed E-state index contributed by atoms with van der Waals surface area (Å²) < 4.78 is 4.54. The highest BCUT2D eigenvalue weighted by Gasteiger charge is 2.21. The maximum atomic E-state index is 11.2. The van der Waals surface area contributed by atoms with Crippen LogP contribution in [0.1, 0.15) is 17.0 Å². The number of methoxy groups -OCH3 is 1. The molecule has 0 spiro atoms. The van der Waals surface area contributed by atoms with Gasteiger partial charge in [0.25, 0.3) is 0 Å². The van der Waals surface area contributed by atoms with E-state index in [1.807, 2.05) is 19.1 Å². The Bertz CT molecular complexity index is 344. The van der Waals surface area contributed by atoms with Gasteiger partial charge in [-0.2, -0.15) is 0 Å². The van der Waals surface area contributed by atoms with Gasteiger partial charge >= 0.3 is 5.97 Å². The van der Waals surface area contributed by atoms with Crippen molar-refractivity contribution in [2.24, 2.45) is 0 Å². The van der Waals surface area contributed by atoms with E-state index in [0.29, 0.717) is 11.8 Å². The van der Waals surface area contributed by atoms with Gasteiger partial charge in [0.05, 0.1) is 7.11 Å². The van der Waals surface area contributed by atoms with Crippen LogP contribution in [0, 0.1) is 6.92 Å². The molecular formula is C11H12O3. The zero-order valence-corrected chi connectivity index (χ0v) is 8.19. The van der Waals surface area contributed by atoms with Crippen molar-refractivity contribution in [3.8, 4) is 0 Å². The summed E-state index contributed by atoms with van der Waals surface area (Å²) in [6, 6.07) is 7.26. The van der Waals surface area contributed by atoms with E-state index in [1.54, 1.807) is 12.1 Å². The highest BCUT2D eigenvalue weighted by molar-refractivity contribution is 5.94. The van der Waals surface area contributed by atoms with Crippen molar-refractivity contribution in [2.75, 3.05) is 7.11 Å². The Labute approximate surface area is 82.7 Å². The van der Waals surface area contributed by atoms with Gasteiger partial charge in [0.1, 0.15) is 12.2 Å². The van der Waals surface area contributed by atoms with Crippen LogP contribution in [-0.2, 0) is 14.3 Å². The molecule has 1 aromatic carbocycles. The molecule has 0 aliphatic carbocycles. The second-order valence-electron chi connectivity index (χ2n) is 2.99. The molecule has 3 heteroatoms. The van der Waals surface area contributed by atoms with Crippen molar-refractivity contribution >= 4 is 12.3 Å². The van der Waals surface area contributed by atoms with Crippen LogP contribution < -0.4 is 0 Å². The summed E-state index contributed by atoms with van der Waals surface area (Å²) in [4.78, 5) is 22.0. The Balaban J connectivity index is 3.07. The first-order chi connectivity index (χ1) is 6.70. The number of aldehydes is 1. The fourth-order valence-corrected chi connectivity index (χ4v) is 1.32. The molecule has 1 atom stereocenters. The van der Waals surface area contributed by atoms with Crippen LogP contribution in [0.25, 0.3) is 0 Å². The molecule has 3 nitrogen and oxygen atoms in total. The molecule has 0 heterocycles. The van der Waals surface area contributed by atoms with Gasteiger partial charge in [0.15, 0.2) is 0 Å². The number of rotatable bonds is 3. The van der Waals surface area contributed by atoms with Gasteiger partial charge in [-0.25, -0.2) is 0 Å². The first-order valence-corrected chi connectivity index (χ1v) is 4.29. The number of benzene rings is 1. The molecule has 0 aliphatic rings. The molecule has 0 saturated heterocycles. The Kier molecular flexibility index (Phi) is 3.40. The summed E-state index contributed by atoms with van der Waals surface area (Å²) >= 11 is 0. The van der Waals surface area contributed by atoms with Gasteiger partial charge in [0.2, 0.25) is 0 Å². The summed E-state index contributed by atoms with van der Waals surface area (Å²) in [5.41, 5.74) is 1.62. The number of hydrogen-bond acceptors (Lipinski definition) is 3. The Morgan fingerprint density at radius 1 is 1.43 bits per heavy atom. The van der Waals surface area contributed by atoms with Crippen molar-refractivity contribution in [3.05, 3.63) is 35.4 Å². The molecule has 0 aromatic heterocycles. The largest absolute Gasteiger partial charge is 0.468 e. The predicted molar refractivity (Wildman–Crippen MR) is 52.0 cm³/mol. The summed E-state index contributed by atoms with van der Waals surface area (Å²) in [6.07, 6.45) is 0.605. The van der Waals surface area contributed by atoms with Gasteiger partial charge in [-0.15, -0.1) is 0 Å². The maximum absolute atomic E-state index is 11.2. The normalized spacial score (nSPS) is 11.9. The third kappa shape index (κ3) is 1.99. The zero-order valence-electron chi connectivity index (χ0n) is 8.19. The first-order valence-electron chi connectivity index (χ1n) is 4.29. The van der Waals surface area contributed by atoms with Crippen LogP contribution in [0.15, 0.2) is 24.3 Å². The van der Waals surface area contributed by atoms with Gasteiger partial charge in [-0.1, -0.05) is 24.3 Å². The minimum Gasteiger partial charge on any atom is -0.468 e. The molecule has 1 unspecified atom stereocenters. The second kappa shape index (κ2) is 4.56. The molecule has 0 saturated carbocycles. The Morgan fingerprint density at radius 2 is 2.07 bits per heavy atom. The Hall–Kier alpha value is -1.64. The first kappa shape index (κ1) is 10.4. The lowest BCUT2D eigenvalue weighted by molar-refractivity contribution is -0.143. The lowest BCUT2D eigenvalue weighted by Gasteiger charge is -2.10. The minimum atomic E-state index is -0.804. The Morgan fingerprint density at radius 3 is 2.57 bits per heavy atom. The third-order valence-electron chi connectivity index (χ3n) is 2.11. The molecule has 0 N–H and O–H groups in total. The van der Waals surface area contributed by atoms with Gasteiger partial charge in [0, 0.05) is 0 Å². The van der Waals surface area contributed by atoms with E-state index in [2.05, 4.69) is 4.74 Å². The summed E-state index contributed by atoms with van der Waals surface area (Å²) in [7, 11) is 1.27. The summed E-state index contributed by atoms with van der Waals surface area (Å²) in [6.45, 7) is 1.86. The molecule has 0 bridgehead atoms. The van der Waals surface area contributed by atoms with Crippen molar-refractivity contribution in [1.82, 2.24) is 0 Å². The highest BCUT2D eigenvalue weighted by Crippen LogP contribution is 2.18. The van der Waals surface area contributed by atoms with E-state index in [1.165, 1.54) is 7.11 Å². The quantitative estimate of drug-likeness (QED) is 0.413. The number of carbonyl (C=O) groups is 2. The average molecular weight is 192 g/mol. The van der Waals surface area contributed by atoms with Crippen molar-refractivity contribution in [1.29, 1.82) is 0 Å². The van der Waals surface area contributed by atoms with Crippen LogP contribution in [0.5, 0.6) is 0 Å². The standard InChI is InChI=1S/C11H12O3/c1-8-5-3-4-6-9(8)10(7-12)11(13)14-2/h3-7,10H,1-2H3. The smallest absolute Gasteiger partial charge is 0.320 e. The highest BCUT2D eigenvalue weighted by atomic mass is 16.5. The minimum absolute atomic E-state index is 0.519. The van der Waals surface area contributed by atoms with Crippen LogP contribution in [-0.4, -0.2) is 19.4 Å². The van der Waals surface area contributed by atoms with E-state index in [4.69, 9.17) is 0 Å². The van der Waals surface area contributed by atoms with E-state index in [0.717, 1.165) is 5.56 Å². The third-order valence-corrected chi connectivity index (χ3v) is 2.11. The molecule has 0 fully saturated rings. The number of carbonyl (C=O) groups excluding carboxylic acids is 2. The van der Waals surface area contributed by atoms with Gasteiger partial charge < -0.3 is 9.53 Å². The molecule has 1 rings (SSSR count). The van der Waals surface area contributed by atoms with Crippen LogP contribution >= 0.6 is 0 Å². The number of hydrogen-bond donors (Lipinski definition) is 0. The van der Waals surface area contributed by atoms with Crippen LogP contribution in [0.3, 0.4) is 0 Å². The van der Waals surface area contributed by atoms with E-state index >= 15 is 0 Å². The number of ether oxygens (including phenoxy) is 1. The lowest BCUT2D eigenvalue weighted by atomic mass is 9.96. The summed E-state index contributed by atoms with van der Waals surface area (Å²) in [5.74, 6) is -1.32. The van der Waals surface area contributed by atoms with E-state index in [-0.39, 0.29) is 0 Å². The predicted octanol–water partition coefficient (Wildman–Crippen LogP) is 1.45. The van der Waals surface area contributed by atoms with Crippen LogP contribution in [0.4, 0.5) is 0 Å². The van der Waals surface area contributed by atoms with Gasteiger partial charge in [-0.3, -0.25) is 4.79 Å². The molecule has 0 aliphatic heterocycles. The molecule has 14 heavy (non-hydrogen) atoms. The fraction of sp³-hybridized carbons (Fsp3) is 0.273. The lowest BCUT2D eigenvalue weighted by Crippen LogP contribution is -2.16. The average Bonchev–Trinajstić information content (AvgIpc) is 2.21. The topological polar surface area (TPSA) is 43.4 Å². The SMILES string of the molecule is COC(=O)C(C=O)c1ccccc1C. The maximum Gasteiger partial charge on any atom is 0.320 e. The second-order valence-corrected chi connectivity index (χ2v) is 2.99. The van der Waals surface area contributed by atoms with Gasteiger partial charge in [-0.05, 0) is 18.1 Å². The van der Waals surface area contributed by atoms with Crippen molar-refractivity contribution in [3.63, 3.8) is 0 Å². The van der Waals surface area contributed by atoms with Crippen molar-refractivity contribution in [2.45, 2.75) is 12.8 Å². The number of aryl methyl sites for hydroxylation is 1. The molecule has 0 amide bonds. The molecule has 1 aromatic rings. The van der Waals surface area contributed by atoms with Crippen molar-refractivity contribution < 1.29 is 14.3 Å². The van der Waals surface area contributed by atoms with E-state index in [9.17, 15) is 9.59 Å². The fourth-order valence-electron chi connectivity index (χ4n) is 1.32. The molecular weight excluding hydrogens is 180 g/mol. The molecule has 0 radical (unpaired) electrons. The van der Waals surface area contributed by atoms with Crippen LogP contribution in [0.2, 0.25) is 0 Å². The summed E-state index contributed by atoms with van der Waals surface area (Å²) in [5, 5.41) is 0. The zero-order chi connectivity index (χ0) is 10.6. The monoisotopic (exact) mass is 192 g/mol. The van der Waals surface area contributed by atoms with E-state index < -0.39 is 11.9 Å². The molecule has 74 valence electrons.